The molecule has 2 aliphatic rings. The minimum absolute atomic E-state index is 0.0462. The van der Waals surface area contributed by atoms with Gasteiger partial charge in [-0.05, 0) is 42.8 Å². The van der Waals surface area contributed by atoms with Gasteiger partial charge in [0.25, 0.3) is 0 Å². The van der Waals surface area contributed by atoms with E-state index in [9.17, 15) is 13.6 Å². The van der Waals surface area contributed by atoms with Crippen LogP contribution >= 0.6 is 0 Å². The van der Waals surface area contributed by atoms with Crippen molar-refractivity contribution in [2.75, 3.05) is 32.1 Å². The molecule has 3 atom stereocenters. The lowest BCUT2D eigenvalue weighted by Crippen LogP contribution is -2.47. The lowest BCUT2D eigenvalue weighted by atomic mass is 10.0. The predicted molar refractivity (Wildman–Crippen MR) is 175 cm³/mol. The van der Waals surface area contributed by atoms with E-state index in [-0.39, 0.29) is 23.8 Å². The monoisotopic (exact) mass is 650 g/mol. The molecular formula is C35H32F2N8O3. The second kappa shape index (κ2) is 11.7. The van der Waals surface area contributed by atoms with Crippen molar-refractivity contribution in [3.05, 3.63) is 90.6 Å². The average Bonchev–Trinajstić information content (AvgIpc) is 3.79. The quantitative estimate of drug-likeness (QED) is 0.266. The van der Waals surface area contributed by atoms with Crippen LogP contribution in [0.1, 0.15) is 12.2 Å². The Hall–Kier alpha value is -5.43. The Bertz CT molecular complexity index is 2200. The van der Waals surface area contributed by atoms with Crippen LogP contribution in [0.15, 0.2) is 73.2 Å². The van der Waals surface area contributed by atoms with Gasteiger partial charge in [-0.25, -0.2) is 28.4 Å². The number of nitrogens with zero attached hydrogens (tertiary/aromatic N) is 8. The van der Waals surface area contributed by atoms with Crippen LogP contribution in [0.5, 0.6) is 5.75 Å². The first kappa shape index (κ1) is 29.9. The molecule has 0 saturated carbocycles. The zero-order valence-corrected chi connectivity index (χ0v) is 26.5. The fourth-order valence-corrected chi connectivity index (χ4v) is 6.99. The first-order valence-corrected chi connectivity index (χ1v) is 15.7. The molecule has 0 unspecified atom stereocenters. The average molecular weight is 651 g/mol. The zero-order valence-electron chi connectivity index (χ0n) is 26.5. The van der Waals surface area contributed by atoms with Crippen molar-refractivity contribution in [2.45, 2.75) is 38.1 Å². The minimum atomic E-state index is -0.776. The molecule has 2 aliphatic heterocycles. The maximum absolute atomic E-state index is 14.8. The molecule has 13 heteroatoms. The molecule has 0 aliphatic carbocycles. The van der Waals surface area contributed by atoms with Crippen LogP contribution in [0, 0.1) is 18.6 Å². The second-order valence-electron chi connectivity index (χ2n) is 12.3. The molecule has 1 fully saturated rings. The fraction of sp³-hybridized carbons (Fsp3) is 0.286. The van der Waals surface area contributed by atoms with Gasteiger partial charge in [0.05, 0.1) is 41.8 Å². The SMILES string of the molecule is CO[C@H]1CN(C)C(=O)[C@@H]2C[C@@H](CN2c2ncnc3c2cnn3-c2ccc(F)cc2F)Oc2cccc(c2)-c2cccc3nc(C)n(c23)C1. The highest BCUT2D eigenvalue weighted by Gasteiger charge is 2.41. The van der Waals surface area contributed by atoms with Crippen molar-refractivity contribution >= 4 is 33.8 Å². The molecular weight excluding hydrogens is 618 g/mol. The van der Waals surface area contributed by atoms with Gasteiger partial charge >= 0.3 is 0 Å². The van der Waals surface area contributed by atoms with Gasteiger partial charge in [0.1, 0.15) is 47.4 Å². The number of benzene rings is 3. The van der Waals surface area contributed by atoms with Crippen molar-refractivity contribution in [1.29, 1.82) is 0 Å². The molecule has 3 aromatic heterocycles. The van der Waals surface area contributed by atoms with Crippen molar-refractivity contribution in [2.24, 2.45) is 0 Å². The number of aromatic nitrogens is 6. The number of hydrogen-bond donors (Lipinski definition) is 0. The van der Waals surface area contributed by atoms with E-state index in [4.69, 9.17) is 14.5 Å². The summed E-state index contributed by atoms with van der Waals surface area (Å²) in [5, 5.41) is 4.90. The van der Waals surface area contributed by atoms with E-state index in [0.29, 0.717) is 48.7 Å². The Balaban J connectivity index is 1.22. The molecule has 4 bridgehead atoms. The van der Waals surface area contributed by atoms with Gasteiger partial charge in [-0.3, -0.25) is 4.79 Å². The van der Waals surface area contributed by atoms with E-state index >= 15 is 0 Å². The molecule has 3 aromatic carbocycles. The van der Waals surface area contributed by atoms with E-state index in [1.165, 1.54) is 23.3 Å². The van der Waals surface area contributed by atoms with Gasteiger partial charge < -0.3 is 23.8 Å². The first-order chi connectivity index (χ1) is 23.3. The summed E-state index contributed by atoms with van der Waals surface area (Å²) in [6, 6.07) is 16.7. The third kappa shape index (κ3) is 5.01. The van der Waals surface area contributed by atoms with Gasteiger partial charge in [-0.1, -0.05) is 24.3 Å². The number of amides is 1. The highest BCUT2D eigenvalue weighted by Crippen LogP contribution is 2.36. The number of imidazole rings is 1. The second-order valence-corrected chi connectivity index (χ2v) is 12.3. The molecule has 244 valence electrons. The smallest absolute Gasteiger partial charge is 0.245 e. The zero-order chi connectivity index (χ0) is 33.1. The van der Waals surface area contributed by atoms with Crippen molar-refractivity contribution < 1.29 is 23.0 Å². The molecule has 11 nitrogen and oxygen atoms in total. The largest absolute Gasteiger partial charge is 0.488 e. The summed E-state index contributed by atoms with van der Waals surface area (Å²) in [5.41, 5.74) is 4.27. The van der Waals surface area contributed by atoms with Crippen LogP contribution in [0.2, 0.25) is 0 Å². The first-order valence-electron chi connectivity index (χ1n) is 15.7. The van der Waals surface area contributed by atoms with Crippen molar-refractivity contribution in [3.63, 3.8) is 0 Å². The number of likely N-dealkylation sites (N-methyl/N-ethyl adjacent to an activating group) is 1. The number of hydrogen-bond acceptors (Lipinski definition) is 8. The Morgan fingerprint density at radius 1 is 1.00 bits per heavy atom. The summed E-state index contributed by atoms with van der Waals surface area (Å²) < 4.78 is 44.5. The minimum Gasteiger partial charge on any atom is -0.488 e. The lowest BCUT2D eigenvalue weighted by Gasteiger charge is -2.30. The molecule has 0 radical (unpaired) electrons. The Labute approximate surface area is 274 Å². The maximum Gasteiger partial charge on any atom is 0.245 e. The number of anilines is 1. The Morgan fingerprint density at radius 3 is 2.69 bits per heavy atom. The molecule has 6 aromatic rings. The molecule has 1 amide bonds. The van der Waals surface area contributed by atoms with Gasteiger partial charge in [0.2, 0.25) is 5.91 Å². The summed E-state index contributed by atoms with van der Waals surface area (Å²) in [5.74, 6) is 0.405. The third-order valence-corrected chi connectivity index (χ3v) is 9.28. The van der Waals surface area contributed by atoms with Gasteiger partial charge in [-0.15, -0.1) is 0 Å². The lowest BCUT2D eigenvalue weighted by molar-refractivity contribution is -0.133. The molecule has 8 rings (SSSR count). The topological polar surface area (TPSA) is 103 Å². The van der Waals surface area contributed by atoms with Crippen LogP contribution in [0.3, 0.4) is 0 Å². The predicted octanol–water partition coefficient (Wildman–Crippen LogP) is 4.93. The normalized spacial score (nSPS) is 19.9. The summed E-state index contributed by atoms with van der Waals surface area (Å²) in [4.78, 5) is 31.7. The van der Waals surface area contributed by atoms with E-state index in [0.717, 1.165) is 40.1 Å². The Morgan fingerprint density at radius 2 is 1.85 bits per heavy atom. The summed E-state index contributed by atoms with van der Waals surface area (Å²) in [7, 11) is 3.43. The third-order valence-electron chi connectivity index (χ3n) is 9.28. The number of halogens is 2. The molecule has 5 heterocycles. The van der Waals surface area contributed by atoms with Gasteiger partial charge in [0, 0.05) is 38.8 Å². The van der Waals surface area contributed by atoms with Crippen LogP contribution < -0.4 is 9.64 Å². The number of methoxy groups -OCH3 is 1. The van der Waals surface area contributed by atoms with E-state index < -0.39 is 17.7 Å². The molecule has 48 heavy (non-hydrogen) atoms. The standard InChI is InChI=1S/C35H32F2N8O3/c1-20-41-29-9-5-8-26-21-6-4-7-23(12-21)48-24-14-31(35(46)42(2)16-25(47-3)18-43(20)32(26)29)44(17-24)33-27-15-40-45(34(27)39-19-38-33)30-11-10-22(36)13-28(30)37/h4-13,15,19,24-25,31H,14,16-18H2,1-3H3/t24-,25-,31-/m0/s1. The number of rotatable bonds is 3. The molecule has 1 saturated heterocycles. The van der Waals surface area contributed by atoms with Crippen LogP contribution in [-0.4, -0.2) is 85.6 Å². The number of aryl methyl sites for hydroxylation is 1. The van der Waals surface area contributed by atoms with Gasteiger partial charge in [0.15, 0.2) is 11.5 Å². The van der Waals surface area contributed by atoms with Crippen LogP contribution in [0.25, 0.3) is 38.9 Å². The van der Waals surface area contributed by atoms with Crippen LogP contribution in [-0.2, 0) is 16.1 Å². The van der Waals surface area contributed by atoms with E-state index in [1.54, 1.807) is 19.1 Å². The highest BCUT2D eigenvalue weighted by atomic mass is 19.1. The van der Waals surface area contributed by atoms with Crippen LogP contribution in [0.4, 0.5) is 14.6 Å². The number of ether oxygens (including phenoxy) is 2. The van der Waals surface area contributed by atoms with Gasteiger partial charge in [-0.2, -0.15) is 5.10 Å². The number of para-hydroxylation sites is 1. The fourth-order valence-electron chi connectivity index (χ4n) is 6.99. The van der Waals surface area contributed by atoms with E-state index in [1.807, 2.05) is 42.2 Å². The number of fused-ring (bicyclic) bond motifs is 6. The van der Waals surface area contributed by atoms with Crippen molar-refractivity contribution in [3.8, 4) is 22.6 Å². The maximum atomic E-state index is 14.8. The highest BCUT2D eigenvalue weighted by molar-refractivity contribution is 5.94. The van der Waals surface area contributed by atoms with Crippen molar-refractivity contribution in [1.82, 2.24) is 34.2 Å². The molecule has 0 N–H and O–H groups in total. The number of carbonyl (C=O) groups excluding carboxylic acids is 1. The van der Waals surface area contributed by atoms with E-state index in [2.05, 4.69) is 31.8 Å². The Kier molecular flexibility index (Phi) is 7.28. The summed E-state index contributed by atoms with van der Waals surface area (Å²) in [6.07, 6.45) is 2.61. The summed E-state index contributed by atoms with van der Waals surface area (Å²) >= 11 is 0. The summed E-state index contributed by atoms with van der Waals surface area (Å²) in [6.45, 7) is 3.16. The molecule has 0 spiro atoms. The number of carbonyl (C=O) groups is 1.